The van der Waals surface area contributed by atoms with Crippen LogP contribution in [0, 0.1) is 5.41 Å². The van der Waals surface area contributed by atoms with Crippen molar-refractivity contribution in [1.82, 2.24) is 15.5 Å². The van der Waals surface area contributed by atoms with Crippen LogP contribution in [0.3, 0.4) is 0 Å². The molecule has 23 heavy (non-hydrogen) atoms. The number of hydrogen-bond donors (Lipinski definition) is 3. The van der Waals surface area contributed by atoms with Crippen molar-refractivity contribution in [3.8, 4) is 11.3 Å². The van der Waals surface area contributed by atoms with Crippen molar-refractivity contribution in [3.63, 3.8) is 0 Å². The number of hydrogen-bond acceptors (Lipinski definition) is 4. The van der Waals surface area contributed by atoms with Crippen molar-refractivity contribution in [2.75, 3.05) is 32.1 Å². The van der Waals surface area contributed by atoms with Gasteiger partial charge in [-0.15, -0.1) is 0 Å². The summed E-state index contributed by atoms with van der Waals surface area (Å²) in [7, 11) is 1.65. The van der Waals surface area contributed by atoms with E-state index in [1.807, 2.05) is 30.3 Å². The molecule has 0 saturated carbocycles. The lowest BCUT2D eigenvalue weighted by Gasteiger charge is -2.35. The molecule has 1 aliphatic rings. The Morgan fingerprint density at radius 1 is 1.35 bits per heavy atom. The first-order chi connectivity index (χ1) is 11.2. The molecule has 1 saturated heterocycles. The van der Waals surface area contributed by atoms with Crippen LogP contribution in [0.4, 0.5) is 5.69 Å². The van der Waals surface area contributed by atoms with Gasteiger partial charge in [0, 0.05) is 24.6 Å². The molecule has 2 aromatic rings. The fraction of sp³-hybridized carbons (Fsp3) is 0.412. The summed E-state index contributed by atoms with van der Waals surface area (Å²) >= 11 is 0. The maximum absolute atomic E-state index is 12.8. The van der Waals surface area contributed by atoms with Crippen LogP contribution in [0.1, 0.15) is 12.8 Å². The highest BCUT2D eigenvalue weighted by molar-refractivity contribution is 5.96. The van der Waals surface area contributed by atoms with Crippen molar-refractivity contribution in [1.29, 1.82) is 0 Å². The van der Waals surface area contributed by atoms with E-state index in [4.69, 9.17) is 4.74 Å². The molecule has 1 amide bonds. The standard InChI is InChI=1S/C17H22N4O2/c1-23-12-17(6-9-18-10-7-17)16(22)20-14-4-2-3-13(11-14)15-5-8-19-21-15/h2-5,8,11,18H,6-7,9-10,12H2,1H3,(H,19,21)(H,20,22). The Balaban J connectivity index is 1.77. The molecule has 2 heterocycles. The third-order valence-corrected chi connectivity index (χ3v) is 4.40. The number of carbonyl (C=O) groups is 1. The van der Waals surface area contributed by atoms with Gasteiger partial charge in [0.2, 0.25) is 5.91 Å². The fourth-order valence-electron chi connectivity index (χ4n) is 3.06. The number of benzene rings is 1. The Kier molecular flexibility index (Phi) is 4.73. The number of methoxy groups -OCH3 is 1. The van der Waals surface area contributed by atoms with Crippen LogP contribution in [0.25, 0.3) is 11.3 Å². The van der Waals surface area contributed by atoms with Gasteiger partial charge >= 0.3 is 0 Å². The second-order valence-corrected chi connectivity index (χ2v) is 5.97. The largest absolute Gasteiger partial charge is 0.384 e. The number of ether oxygens (including phenoxy) is 1. The fourth-order valence-corrected chi connectivity index (χ4v) is 3.06. The molecular formula is C17H22N4O2. The van der Waals surface area contributed by atoms with Crippen LogP contribution < -0.4 is 10.6 Å². The van der Waals surface area contributed by atoms with E-state index >= 15 is 0 Å². The molecule has 0 spiro atoms. The molecule has 122 valence electrons. The summed E-state index contributed by atoms with van der Waals surface area (Å²) in [6.45, 7) is 2.12. The predicted octanol–water partition coefficient (Wildman–Crippen LogP) is 2.03. The molecule has 0 atom stereocenters. The molecule has 0 radical (unpaired) electrons. The zero-order valence-corrected chi connectivity index (χ0v) is 13.3. The molecule has 1 fully saturated rings. The zero-order valence-electron chi connectivity index (χ0n) is 13.3. The third-order valence-electron chi connectivity index (χ3n) is 4.40. The van der Waals surface area contributed by atoms with Gasteiger partial charge in [0.05, 0.1) is 17.7 Å². The first-order valence-electron chi connectivity index (χ1n) is 7.84. The smallest absolute Gasteiger partial charge is 0.233 e. The van der Waals surface area contributed by atoms with Gasteiger partial charge < -0.3 is 15.4 Å². The second kappa shape index (κ2) is 6.93. The highest BCUT2D eigenvalue weighted by Crippen LogP contribution is 2.31. The zero-order chi connectivity index (χ0) is 16.1. The highest BCUT2D eigenvalue weighted by atomic mass is 16.5. The normalized spacial score (nSPS) is 16.9. The molecule has 0 bridgehead atoms. The average molecular weight is 314 g/mol. The summed E-state index contributed by atoms with van der Waals surface area (Å²) < 4.78 is 5.32. The van der Waals surface area contributed by atoms with Crippen molar-refractivity contribution in [2.45, 2.75) is 12.8 Å². The highest BCUT2D eigenvalue weighted by Gasteiger charge is 2.39. The van der Waals surface area contributed by atoms with E-state index in [0.717, 1.165) is 42.9 Å². The summed E-state index contributed by atoms with van der Waals surface area (Å²) in [6, 6.07) is 9.67. The van der Waals surface area contributed by atoms with Gasteiger partial charge in [-0.1, -0.05) is 12.1 Å². The van der Waals surface area contributed by atoms with E-state index in [0.29, 0.717) is 6.61 Å². The quantitative estimate of drug-likeness (QED) is 0.789. The van der Waals surface area contributed by atoms with Gasteiger partial charge in [0.25, 0.3) is 0 Å². The summed E-state index contributed by atoms with van der Waals surface area (Å²) in [5.41, 5.74) is 2.25. The summed E-state index contributed by atoms with van der Waals surface area (Å²) in [6.07, 6.45) is 3.28. The van der Waals surface area contributed by atoms with E-state index < -0.39 is 5.41 Å². The minimum Gasteiger partial charge on any atom is -0.384 e. The summed E-state index contributed by atoms with van der Waals surface area (Å²) in [5, 5.41) is 13.3. The van der Waals surface area contributed by atoms with Gasteiger partial charge in [-0.25, -0.2) is 0 Å². The number of nitrogens with one attached hydrogen (secondary N) is 3. The van der Waals surface area contributed by atoms with E-state index in [2.05, 4.69) is 20.8 Å². The lowest BCUT2D eigenvalue weighted by atomic mass is 9.78. The van der Waals surface area contributed by atoms with Crippen LogP contribution in [0.15, 0.2) is 36.5 Å². The second-order valence-electron chi connectivity index (χ2n) is 5.97. The molecule has 3 N–H and O–H groups in total. The van der Waals surface area contributed by atoms with Gasteiger partial charge in [-0.3, -0.25) is 9.89 Å². The number of amides is 1. The predicted molar refractivity (Wildman–Crippen MR) is 89.1 cm³/mol. The number of carbonyl (C=O) groups excluding carboxylic acids is 1. The summed E-state index contributed by atoms with van der Waals surface area (Å²) in [5.74, 6) is 0.0302. The van der Waals surface area contributed by atoms with Crippen LogP contribution in [0.2, 0.25) is 0 Å². The topological polar surface area (TPSA) is 79.0 Å². The van der Waals surface area contributed by atoms with E-state index in [9.17, 15) is 4.79 Å². The molecule has 0 unspecified atom stereocenters. The number of piperidine rings is 1. The lowest BCUT2D eigenvalue weighted by Crippen LogP contribution is -2.47. The Bertz CT molecular complexity index is 643. The lowest BCUT2D eigenvalue weighted by molar-refractivity contribution is -0.130. The van der Waals surface area contributed by atoms with Crippen molar-refractivity contribution >= 4 is 11.6 Å². The van der Waals surface area contributed by atoms with Crippen molar-refractivity contribution < 1.29 is 9.53 Å². The van der Waals surface area contributed by atoms with Crippen LogP contribution in [0.5, 0.6) is 0 Å². The molecule has 6 nitrogen and oxygen atoms in total. The number of aromatic amines is 1. The number of H-pyrrole nitrogens is 1. The number of nitrogens with zero attached hydrogens (tertiary/aromatic N) is 1. The minimum atomic E-state index is -0.454. The third kappa shape index (κ3) is 3.43. The number of rotatable bonds is 5. The SMILES string of the molecule is COCC1(C(=O)Nc2cccc(-c3ccn[nH]3)c2)CCNCC1. The number of anilines is 1. The van der Waals surface area contributed by atoms with Crippen LogP contribution >= 0.6 is 0 Å². The van der Waals surface area contributed by atoms with E-state index in [1.54, 1.807) is 13.3 Å². The molecular weight excluding hydrogens is 292 g/mol. The van der Waals surface area contributed by atoms with Crippen LogP contribution in [-0.4, -0.2) is 42.9 Å². The summed E-state index contributed by atoms with van der Waals surface area (Å²) in [4.78, 5) is 12.8. The van der Waals surface area contributed by atoms with Crippen molar-refractivity contribution in [3.05, 3.63) is 36.5 Å². The minimum absolute atomic E-state index is 0.0302. The van der Waals surface area contributed by atoms with Crippen LogP contribution in [-0.2, 0) is 9.53 Å². The molecule has 1 aromatic heterocycles. The Labute approximate surface area is 135 Å². The first-order valence-corrected chi connectivity index (χ1v) is 7.84. The average Bonchev–Trinajstić information content (AvgIpc) is 3.11. The van der Waals surface area contributed by atoms with Gasteiger partial charge in [0.1, 0.15) is 0 Å². The van der Waals surface area contributed by atoms with Gasteiger partial charge in [-0.05, 0) is 44.1 Å². The van der Waals surface area contributed by atoms with Crippen molar-refractivity contribution in [2.24, 2.45) is 5.41 Å². The Hall–Kier alpha value is -2.18. The van der Waals surface area contributed by atoms with E-state index in [1.165, 1.54) is 0 Å². The molecule has 1 aromatic carbocycles. The van der Waals surface area contributed by atoms with Gasteiger partial charge in [-0.2, -0.15) is 5.10 Å². The molecule has 0 aliphatic carbocycles. The van der Waals surface area contributed by atoms with E-state index in [-0.39, 0.29) is 5.91 Å². The molecule has 3 rings (SSSR count). The maximum atomic E-state index is 12.8. The maximum Gasteiger partial charge on any atom is 0.233 e. The Morgan fingerprint density at radius 3 is 2.87 bits per heavy atom. The Morgan fingerprint density at radius 2 is 2.17 bits per heavy atom. The number of aromatic nitrogens is 2. The monoisotopic (exact) mass is 314 g/mol. The van der Waals surface area contributed by atoms with Gasteiger partial charge in [0.15, 0.2) is 0 Å². The molecule has 6 heteroatoms. The molecule has 1 aliphatic heterocycles. The first kappa shape index (κ1) is 15.7.